The van der Waals surface area contributed by atoms with E-state index < -0.39 is 0 Å². The van der Waals surface area contributed by atoms with Gasteiger partial charge in [-0.2, -0.15) is 0 Å². The molecule has 1 aromatic carbocycles. The van der Waals surface area contributed by atoms with Gasteiger partial charge in [-0.05, 0) is 51.0 Å². The van der Waals surface area contributed by atoms with Gasteiger partial charge in [-0.15, -0.1) is 0 Å². The van der Waals surface area contributed by atoms with Crippen molar-refractivity contribution in [3.8, 4) is 5.75 Å². The van der Waals surface area contributed by atoms with Crippen molar-refractivity contribution in [1.82, 2.24) is 19.9 Å². The minimum atomic E-state index is -0.107. The van der Waals surface area contributed by atoms with Crippen LogP contribution in [0, 0.1) is 13.8 Å². The molecule has 0 spiro atoms. The number of amides is 2. The molecular weight excluding hydrogens is 396 g/mol. The summed E-state index contributed by atoms with van der Waals surface area (Å²) in [7, 11) is 1.59. The van der Waals surface area contributed by atoms with Crippen molar-refractivity contribution in [1.29, 1.82) is 0 Å². The fourth-order valence-electron chi connectivity index (χ4n) is 4.50. The third kappa shape index (κ3) is 4.58. The molecule has 0 radical (unpaired) electrons. The maximum Gasteiger partial charge on any atom is 0.254 e. The van der Waals surface area contributed by atoms with Crippen LogP contribution < -0.4 is 4.74 Å². The number of aryl methyl sites for hydroxylation is 2. The minimum Gasteiger partial charge on any atom is -0.497 e. The number of methoxy groups -OCH3 is 1. The van der Waals surface area contributed by atoms with Crippen LogP contribution in [0.4, 0.5) is 0 Å². The topological polar surface area (TPSA) is 79.1 Å². The third-order valence-corrected chi connectivity index (χ3v) is 6.44. The van der Waals surface area contributed by atoms with Gasteiger partial charge in [-0.3, -0.25) is 14.5 Å². The maximum absolute atomic E-state index is 12.8. The molecule has 31 heavy (non-hydrogen) atoms. The number of piperazine rings is 1. The van der Waals surface area contributed by atoms with Gasteiger partial charge in [0, 0.05) is 49.9 Å². The van der Waals surface area contributed by atoms with Crippen LogP contribution in [0.3, 0.4) is 0 Å². The third-order valence-electron chi connectivity index (χ3n) is 6.44. The first kappa shape index (κ1) is 21.4. The number of aromatic nitrogens is 1. The van der Waals surface area contributed by atoms with Crippen LogP contribution in [0.15, 0.2) is 28.8 Å². The molecule has 0 bridgehead atoms. The number of carbonyl (C=O) groups excluding carboxylic acids is 2. The predicted molar refractivity (Wildman–Crippen MR) is 115 cm³/mol. The van der Waals surface area contributed by atoms with Crippen LogP contribution in [0.25, 0.3) is 0 Å². The quantitative estimate of drug-likeness (QED) is 0.730. The van der Waals surface area contributed by atoms with Gasteiger partial charge in [0.2, 0.25) is 5.91 Å². The van der Waals surface area contributed by atoms with E-state index in [0.717, 1.165) is 43.9 Å². The molecule has 2 amide bonds. The number of rotatable bonds is 5. The molecule has 2 saturated heterocycles. The zero-order valence-electron chi connectivity index (χ0n) is 18.5. The van der Waals surface area contributed by atoms with Crippen LogP contribution in [-0.4, -0.2) is 77.5 Å². The highest BCUT2D eigenvalue weighted by Gasteiger charge is 2.34. The SMILES string of the molecule is COc1ccc(C(=O)N2CCN(C3CCN(Cc4c(C)noc4C)CC3)C(=O)C2)cc1. The Hall–Kier alpha value is -2.87. The molecular formula is C23H30N4O4. The van der Waals surface area contributed by atoms with E-state index in [1.54, 1.807) is 36.3 Å². The first-order chi connectivity index (χ1) is 15.0. The van der Waals surface area contributed by atoms with E-state index in [4.69, 9.17) is 9.26 Å². The highest BCUT2D eigenvalue weighted by molar-refractivity contribution is 5.97. The Balaban J connectivity index is 1.29. The number of benzene rings is 1. The second-order valence-electron chi connectivity index (χ2n) is 8.35. The van der Waals surface area contributed by atoms with E-state index in [-0.39, 0.29) is 24.4 Å². The summed E-state index contributed by atoms with van der Waals surface area (Å²) in [5.41, 5.74) is 2.70. The van der Waals surface area contributed by atoms with E-state index >= 15 is 0 Å². The van der Waals surface area contributed by atoms with E-state index in [9.17, 15) is 9.59 Å². The van der Waals surface area contributed by atoms with E-state index in [0.29, 0.717) is 24.4 Å². The summed E-state index contributed by atoms with van der Waals surface area (Å²) in [4.78, 5) is 31.6. The lowest BCUT2D eigenvalue weighted by atomic mass is 10.0. The Bertz CT molecular complexity index is 912. The molecule has 8 heteroatoms. The minimum absolute atomic E-state index is 0.0392. The molecule has 3 heterocycles. The standard InChI is InChI=1S/C23H30N4O4/c1-16-21(17(2)31-24-16)14-25-10-8-19(9-11-25)27-13-12-26(15-22(27)28)23(29)18-4-6-20(30-3)7-5-18/h4-7,19H,8-15H2,1-3H3. The summed E-state index contributed by atoms with van der Waals surface area (Å²) in [5, 5.41) is 4.04. The van der Waals surface area contributed by atoms with Crippen LogP contribution in [0.2, 0.25) is 0 Å². The average molecular weight is 427 g/mol. The highest BCUT2D eigenvalue weighted by atomic mass is 16.5. The van der Waals surface area contributed by atoms with Crippen molar-refractivity contribution in [2.75, 3.05) is 39.8 Å². The summed E-state index contributed by atoms with van der Waals surface area (Å²) in [6.45, 7) is 7.94. The van der Waals surface area contributed by atoms with E-state index in [1.807, 2.05) is 18.7 Å². The highest BCUT2D eigenvalue weighted by Crippen LogP contribution is 2.23. The van der Waals surface area contributed by atoms with Gasteiger partial charge < -0.3 is 19.1 Å². The zero-order chi connectivity index (χ0) is 22.0. The summed E-state index contributed by atoms with van der Waals surface area (Å²) in [6.07, 6.45) is 1.89. The Morgan fingerprint density at radius 2 is 1.84 bits per heavy atom. The molecule has 2 aromatic rings. The van der Waals surface area contributed by atoms with Crippen molar-refractivity contribution >= 4 is 11.8 Å². The van der Waals surface area contributed by atoms with Gasteiger partial charge in [-0.25, -0.2) is 0 Å². The summed E-state index contributed by atoms with van der Waals surface area (Å²) in [6, 6.07) is 7.26. The van der Waals surface area contributed by atoms with Crippen LogP contribution in [0.5, 0.6) is 5.75 Å². The molecule has 0 N–H and O–H groups in total. The van der Waals surface area contributed by atoms with Crippen molar-refractivity contribution in [2.45, 2.75) is 39.3 Å². The zero-order valence-corrected chi connectivity index (χ0v) is 18.5. The lowest BCUT2D eigenvalue weighted by Gasteiger charge is -2.42. The van der Waals surface area contributed by atoms with Gasteiger partial charge in [0.05, 0.1) is 12.8 Å². The number of hydrogen-bond acceptors (Lipinski definition) is 6. The van der Waals surface area contributed by atoms with Crippen molar-refractivity contribution < 1.29 is 18.8 Å². The first-order valence-electron chi connectivity index (χ1n) is 10.8. The maximum atomic E-state index is 12.8. The first-order valence-corrected chi connectivity index (χ1v) is 10.8. The van der Waals surface area contributed by atoms with Crippen LogP contribution >= 0.6 is 0 Å². The summed E-state index contributed by atoms with van der Waals surface area (Å²) < 4.78 is 10.4. The average Bonchev–Trinajstić information content (AvgIpc) is 3.11. The number of likely N-dealkylation sites (tertiary alicyclic amines) is 1. The monoisotopic (exact) mass is 426 g/mol. The Morgan fingerprint density at radius 3 is 2.42 bits per heavy atom. The molecule has 2 fully saturated rings. The van der Waals surface area contributed by atoms with E-state index in [2.05, 4.69) is 10.1 Å². The second kappa shape index (κ2) is 9.09. The van der Waals surface area contributed by atoms with Gasteiger partial charge >= 0.3 is 0 Å². The molecule has 1 aromatic heterocycles. The van der Waals surface area contributed by atoms with Gasteiger partial charge in [0.15, 0.2) is 0 Å². The fraction of sp³-hybridized carbons (Fsp3) is 0.522. The summed E-state index contributed by atoms with van der Waals surface area (Å²) >= 11 is 0. The van der Waals surface area contributed by atoms with Gasteiger partial charge in [0.1, 0.15) is 18.1 Å². The molecule has 0 unspecified atom stereocenters. The number of piperidine rings is 1. The molecule has 166 valence electrons. The second-order valence-corrected chi connectivity index (χ2v) is 8.35. The molecule has 2 aliphatic heterocycles. The molecule has 8 nitrogen and oxygen atoms in total. The number of nitrogens with zero attached hydrogens (tertiary/aromatic N) is 4. The fourth-order valence-corrected chi connectivity index (χ4v) is 4.50. The number of carbonyl (C=O) groups is 2. The van der Waals surface area contributed by atoms with Crippen molar-refractivity contribution in [3.63, 3.8) is 0 Å². The van der Waals surface area contributed by atoms with Gasteiger partial charge in [0.25, 0.3) is 5.91 Å². The lowest BCUT2D eigenvalue weighted by Crippen LogP contribution is -2.57. The normalized spacial score (nSPS) is 18.5. The number of ether oxygens (including phenoxy) is 1. The molecule has 0 atom stereocenters. The van der Waals surface area contributed by atoms with Crippen molar-refractivity contribution in [2.24, 2.45) is 0 Å². The molecule has 2 aliphatic rings. The van der Waals surface area contributed by atoms with Crippen molar-refractivity contribution in [3.05, 3.63) is 46.8 Å². The lowest BCUT2D eigenvalue weighted by molar-refractivity contribution is -0.138. The largest absolute Gasteiger partial charge is 0.497 e. The van der Waals surface area contributed by atoms with E-state index in [1.165, 1.54) is 5.56 Å². The summed E-state index contributed by atoms with van der Waals surface area (Å²) in [5.74, 6) is 1.52. The Morgan fingerprint density at radius 1 is 1.13 bits per heavy atom. The predicted octanol–water partition coefficient (Wildman–Crippen LogP) is 2.25. The smallest absolute Gasteiger partial charge is 0.254 e. The van der Waals surface area contributed by atoms with Crippen LogP contribution in [0.1, 0.15) is 40.2 Å². The van der Waals surface area contributed by atoms with Crippen LogP contribution in [-0.2, 0) is 11.3 Å². The number of hydrogen-bond donors (Lipinski definition) is 0. The Kier molecular flexibility index (Phi) is 6.27. The Labute approximate surface area is 182 Å². The molecule has 0 aliphatic carbocycles. The molecule has 4 rings (SSSR count). The van der Waals surface area contributed by atoms with Gasteiger partial charge in [-0.1, -0.05) is 5.16 Å². The molecule has 0 saturated carbocycles.